The fourth-order valence-electron chi connectivity index (χ4n) is 4.42. The first kappa shape index (κ1) is 18.4. The second-order valence-electron chi connectivity index (χ2n) is 9.12. The molecule has 2 N–H and O–H groups in total. The molecule has 0 aromatic heterocycles. The van der Waals surface area contributed by atoms with Crippen LogP contribution in [-0.4, -0.2) is 18.0 Å². The van der Waals surface area contributed by atoms with Crippen molar-refractivity contribution in [1.29, 1.82) is 0 Å². The van der Waals surface area contributed by atoms with Gasteiger partial charge in [0.2, 0.25) is 5.91 Å². The van der Waals surface area contributed by atoms with Gasteiger partial charge in [-0.2, -0.15) is 0 Å². The highest BCUT2D eigenvalue weighted by atomic mass is 19.1. The summed E-state index contributed by atoms with van der Waals surface area (Å²) >= 11 is 0. The van der Waals surface area contributed by atoms with Crippen molar-refractivity contribution >= 4 is 5.91 Å². The van der Waals surface area contributed by atoms with E-state index in [0.29, 0.717) is 24.4 Å². The van der Waals surface area contributed by atoms with Crippen LogP contribution in [0.4, 0.5) is 4.39 Å². The second kappa shape index (κ2) is 7.45. The van der Waals surface area contributed by atoms with E-state index in [2.05, 4.69) is 31.4 Å². The number of hydrogen-bond donors (Lipinski definition) is 2. The molecular weight excluding hydrogens is 315 g/mol. The monoisotopic (exact) mass is 346 g/mol. The summed E-state index contributed by atoms with van der Waals surface area (Å²) in [5.41, 5.74) is 1.07. The first-order chi connectivity index (χ1) is 11.8. The number of benzene rings is 1. The molecule has 138 valence electrons. The van der Waals surface area contributed by atoms with Gasteiger partial charge in [0.25, 0.3) is 0 Å². The molecule has 1 aromatic carbocycles. The molecular formula is C21H31FN2O. The molecule has 3 atom stereocenters. The van der Waals surface area contributed by atoms with Crippen LogP contribution in [-0.2, 0) is 4.79 Å². The Bertz CT molecular complexity index is 581. The van der Waals surface area contributed by atoms with Gasteiger partial charge < -0.3 is 10.6 Å². The Balaban J connectivity index is 1.62. The summed E-state index contributed by atoms with van der Waals surface area (Å²) < 4.78 is 13.2. The fraction of sp³-hybridized carbons (Fsp3) is 0.667. The molecule has 4 heteroatoms. The van der Waals surface area contributed by atoms with E-state index < -0.39 is 0 Å². The van der Waals surface area contributed by atoms with Crippen molar-refractivity contribution in [3.63, 3.8) is 0 Å². The fourth-order valence-corrected chi connectivity index (χ4v) is 4.42. The molecule has 2 heterocycles. The lowest BCUT2D eigenvalue weighted by molar-refractivity contribution is -0.123. The summed E-state index contributed by atoms with van der Waals surface area (Å²) in [6, 6.07) is 7.68. The minimum absolute atomic E-state index is 0.0634. The minimum Gasteiger partial charge on any atom is -0.349 e. The molecule has 0 saturated carbocycles. The SMILES string of the molecule is CC(C)(C)CC(NC(=O)CC1CC2CCC(C1)N2)c1ccc(F)cc1. The lowest BCUT2D eigenvalue weighted by Crippen LogP contribution is -2.40. The Kier molecular flexibility index (Phi) is 5.47. The Morgan fingerprint density at radius 3 is 2.36 bits per heavy atom. The van der Waals surface area contributed by atoms with Crippen molar-refractivity contribution < 1.29 is 9.18 Å². The summed E-state index contributed by atoms with van der Waals surface area (Å²) in [6.07, 6.45) is 6.18. The predicted molar refractivity (Wildman–Crippen MR) is 98.6 cm³/mol. The molecule has 1 aromatic rings. The van der Waals surface area contributed by atoms with Gasteiger partial charge in [-0.1, -0.05) is 32.9 Å². The van der Waals surface area contributed by atoms with Crippen molar-refractivity contribution in [2.45, 2.75) is 77.4 Å². The van der Waals surface area contributed by atoms with Crippen LogP contribution in [0.25, 0.3) is 0 Å². The first-order valence-corrected chi connectivity index (χ1v) is 9.59. The Labute approximate surface area is 150 Å². The van der Waals surface area contributed by atoms with Gasteiger partial charge in [0.15, 0.2) is 0 Å². The summed E-state index contributed by atoms with van der Waals surface area (Å²) in [7, 11) is 0. The molecule has 2 saturated heterocycles. The molecule has 2 aliphatic heterocycles. The highest BCUT2D eigenvalue weighted by Crippen LogP contribution is 2.33. The third-order valence-electron chi connectivity index (χ3n) is 5.47. The smallest absolute Gasteiger partial charge is 0.220 e. The Morgan fingerprint density at radius 2 is 1.80 bits per heavy atom. The van der Waals surface area contributed by atoms with E-state index in [9.17, 15) is 9.18 Å². The lowest BCUT2D eigenvalue weighted by Gasteiger charge is -2.30. The van der Waals surface area contributed by atoms with Crippen molar-refractivity contribution in [1.82, 2.24) is 10.6 Å². The molecule has 3 unspecified atom stereocenters. The van der Waals surface area contributed by atoms with Crippen LogP contribution in [0.5, 0.6) is 0 Å². The number of nitrogens with one attached hydrogen (secondary N) is 2. The minimum atomic E-state index is -0.241. The van der Waals surface area contributed by atoms with Gasteiger partial charge in [-0.15, -0.1) is 0 Å². The van der Waals surface area contributed by atoms with E-state index in [0.717, 1.165) is 24.8 Å². The topological polar surface area (TPSA) is 41.1 Å². The Hall–Kier alpha value is -1.42. The van der Waals surface area contributed by atoms with E-state index in [-0.39, 0.29) is 23.2 Å². The summed E-state index contributed by atoms with van der Waals surface area (Å²) in [4.78, 5) is 12.7. The molecule has 3 rings (SSSR count). The molecule has 2 aliphatic rings. The molecule has 3 nitrogen and oxygen atoms in total. The van der Waals surface area contributed by atoms with E-state index in [1.54, 1.807) is 12.1 Å². The third kappa shape index (κ3) is 5.27. The van der Waals surface area contributed by atoms with Gasteiger partial charge in [-0.3, -0.25) is 4.79 Å². The molecule has 25 heavy (non-hydrogen) atoms. The zero-order valence-corrected chi connectivity index (χ0v) is 15.6. The van der Waals surface area contributed by atoms with Crippen molar-refractivity contribution in [3.8, 4) is 0 Å². The van der Waals surface area contributed by atoms with E-state index in [1.165, 1.54) is 25.0 Å². The van der Waals surface area contributed by atoms with Crippen LogP contribution in [0.2, 0.25) is 0 Å². The number of carbonyl (C=O) groups excluding carboxylic acids is 1. The van der Waals surface area contributed by atoms with E-state index >= 15 is 0 Å². The largest absolute Gasteiger partial charge is 0.349 e. The summed E-state index contributed by atoms with van der Waals surface area (Å²) in [5.74, 6) is 0.377. The number of piperidine rings is 1. The van der Waals surface area contributed by atoms with Gasteiger partial charge >= 0.3 is 0 Å². The van der Waals surface area contributed by atoms with Gasteiger partial charge in [0.1, 0.15) is 5.82 Å². The summed E-state index contributed by atoms with van der Waals surface area (Å²) in [6.45, 7) is 6.50. The number of rotatable bonds is 5. The zero-order chi connectivity index (χ0) is 18.0. The predicted octanol–water partition coefficient (Wildman–Crippen LogP) is 4.34. The maximum absolute atomic E-state index is 13.2. The van der Waals surface area contributed by atoms with Crippen LogP contribution in [0.15, 0.2) is 24.3 Å². The van der Waals surface area contributed by atoms with Crippen LogP contribution < -0.4 is 10.6 Å². The van der Waals surface area contributed by atoms with Gasteiger partial charge in [-0.05, 0) is 61.1 Å². The van der Waals surface area contributed by atoms with Crippen molar-refractivity contribution in [3.05, 3.63) is 35.6 Å². The quantitative estimate of drug-likeness (QED) is 0.833. The second-order valence-corrected chi connectivity index (χ2v) is 9.12. The molecule has 1 amide bonds. The standard InChI is InChI=1S/C21H31FN2O/c1-21(2,3)13-19(15-4-6-16(22)7-5-15)24-20(25)12-14-10-17-8-9-18(11-14)23-17/h4-7,14,17-19,23H,8-13H2,1-3H3,(H,24,25). The van der Waals surface area contributed by atoms with Crippen molar-refractivity contribution in [2.24, 2.45) is 11.3 Å². The van der Waals surface area contributed by atoms with Crippen LogP contribution in [0.1, 0.15) is 70.9 Å². The van der Waals surface area contributed by atoms with Gasteiger partial charge in [0.05, 0.1) is 6.04 Å². The first-order valence-electron chi connectivity index (χ1n) is 9.59. The number of halogens is 1. The molecule has 0 aliphatic carbocycles. The number of carbonyl (C=O) groups is 1. The Morgan fingerprint density at radius 1 is 1.20 bits per heavy atom. The van der Waals surface area contributed by atoms with Gasteiger partial charge in [0, 0.05) is 18.5 Å². The molecule has 2 fully saturated rings. The molecule has 0 radical (unpaired) electrons. The molecule has 0 spiro atoms. The maximum atomic E-state index is 13.2. The van der Waals surface area contributed by atoms with Crippen molar-refractivity contribution in [2.75, 3.05) is 0 Å². The maximum Gasteiger partial charge on any atom is 0.220 e. The lowest BCUT2D eigenvalue weighted by atomic mass is 9.85. The van der Waals surface area contributed by atoms with Crippen LogP contribution in [0.3, 0.4) is 0 Å². The highest BCUT2D eigenvalue weighted by Gasteiger charge is 2.34. The van der Waals surface area contributed by atoms with Crippen LogP contribution >= 0.6 is 0 Å². The summed E-state index contributed by atoms with van der Waals surface area (Å²) in [5, 5.41) is 6.85. The normalized spacial score (nSPS) is 27.1. The number of amides is 1. The van der Waals surface area contributed by atoms with Gasteiger partial charge in [-0.25, -0.2) is 4.39 Å². The average molecular weight is 346 g/mol. The highest BCUT2D eigenvalue weighted by molar-refractivity contribution is 5.76. The van der Waals surface area contributed by atoms with E-state index in [1.807, 2.05) is 0 Å². The number of fused-ring (bicyclic) bond motifs is 2. The zero-order valence-electron chi connectivity index (χ0n) is 15.6. The molecule has 2 bridgehead atoms. The average Bonchev–Trinajstić information content (AvgIpc) is 2.85. The van der Waals surface area contributed by atoms with Crippen LogP contribution in [0, 0.1) is 17.2 Å². The van der Waals surface area contributed by atoms with E-state index in [4.69, 9.17) is 0 Å². The number of hydrogen-bond acceptors (Lipinski definition) is 2. The third-order valence-corrected chi connectivity index (χ3v) is 5.47.